The highest BCUT2D eigenvalue weighted by atomic mass is 35.5. The topological polar surface area (TPSA) is 46.5 Å². The molecule has 1 aromatic carbocycles. The van der Waals surface area contributed by atoms with E-state index in [-0.39, 0.29) is 0 Å². The molecule has 0 heterocycles. The molecule has 0 aliphatic carbocycles. The normalized spacial score (nSPS) is 12.3. The van der Waals surface area contributed by atoms with E-state index >= 15 is 0 Å². The summed E-state index contributed by atoms with van der Waals surface area (Å²) in [6.07, 6.45) is 0.447. The third-order valence-electron chi connectivity index (χ3n) is 2.93. The molecule has 1 atom stereocenters. The second-order valence-electron chi connectivity index (χ2n) is 4.26. The molecule has 0 saturated carbocycles. The molecule has 1 aromatic rings. The number of hydrogen-bond donors (Lipinski definition) is 1. The van der Waals surface area contributed by atoms with Crippen LogP contribution in [-0.2, 0) is 11.2 Å². The van der Waals surface area contributed by atoms with Crippen molar-refractivity contribution in [3.05, 3.63) is 27.8 Å². The van der Waals surface area contributed by atoms with Gasteiger partial charge >= 0.3 is 5.97 Å². The molecule has 17 heavy (non-hydrogen) atoms. The van der Waals surface area contributed by atoms with Crippen LogP contribution in [0.3, 0.4) is 0 Å². The summed E-state index contributed by atoms with van der Waals surface area (Å²) in [5.41, 5.74) is 2.74. The Balaban J connectivity index is 3.22. The van der Waals surface area contributed by atoms with Crippen molar-refractivity contribution in [3.63, 3.8) is 0 Å². The highest BCUT2D eigenvalue weighted by Gasteiger charge is 2.19. The molecule has 0 aliphatic rings. The van der Waals surface area contributed by atoms with E-state index in [0.717, 1.165) is 16.7 Å². The summed E-state index contributed by atoms with van der Waals surface area (Å²) < 4.78 is 5.34. The maximum absolute atomic E-state index is 10.9. The summed E-state index contributed by atoms with van der Waals surface area (Å²) in [7, 11) is 1.58. The highest BCUT2D eigenvalue weighted by molar-refractivity contribution is 6.31. The Bertz CT molecular complexity index is 441. The number of hydrogen-bond acceptors (Lipinski definition) is 2. The predicted molar refractivity (Wildman–Crippen MR) is 68.0 cm³/mol. The molecule has 0 radical (unpaired) electrons. The van der Waals surface area contributed by atoms with Gasteiger partial charge in [-0.25, -0.2) is 0 Å². The molecular formula is C13H17ClO3. The van der Waals surface area contributed by atoms with Crippen molar-refractivity contribution in [2.75, 3.05) is 7.11 Å². The third-order valence-corrected chi connectivity index (χ3v) is 3.32. The van der Waals surface area contributed by atoms with Crippen molar-refractivity contribution < 1.29 is 14.6 Å². The lowest BCUT2D eigenvalue weighted by Gasteiger charge is -2.17. The number of carboxylic acid groups (broad SMARTS) is 1. The fourth-order valence-electron chi connectivity index (χ4n) is 1.82. The number of methoxy groups -OCH3 is 1. The molecule has 1 rings (SSSR count). The van der Waals surface area contributed by atoms with Gasteiger partial charge in [0.05, 0.1) is 13.0 Å². The van der Waals surface area contributed by atoms with E-state index in [1.165, 1.54) is 0 Å². The number of carboxylic acids is 1. The first kappa shape index (κ1) is 13.8. The Morgan fingerprint density at radius 3 is 2.59 bits per heavy atom. The second kappa shape index (κ2) is 5.41. The fraction of sp³-hybridized carbons (Fsp3) is 0.462. The van der Waals surface area contributed by atoms with Crippen LogP contribution >= 0.6 is 11.6 Å². The Morgan fingerprint density at radius 1 is 1.53 bits per heavy atom. The lowest BCUT2D eigenvalue weighted by molar-refractivity contribution is -0.141. The molecule has 1 unspecified atom stereocenters. The quantitative estimate of drug-likeness (QED) is 0.900. The van der Waals surface area contributed by atoms with Crippen LogP contribution in [0.4, 0.5) is 0 Å². The Hall–Kier alpha value is -1.22. The van der Waals surface area contributed by atoms with Gasteiger partial charge in [0, 0.05) is 10.6 Å². The monoisotopic (exact) mass is 256 g/mol. The van der Waals surface area contributed by atoms with Crippen LogP contribution in [0.25, 0.3) is 0 Å². The van der Waals surface area contributed by atoms with Crippen LogP contribution in [0.1, 0.15) is 23.6 Å². The predicted octanol–water partition coefficient (Wildman–Crippen LogP) is 3.23. The molecule has 0 saturated heterocycles. The van der Waals surface area contributed by atoms with Crippen LogP contribution in [0, 0.1) is 19.8 Å². The third kappa shape index (κ3) is 2.91. The first-order chi connectivity index (χ1) is 7.88. The average molecular weight is 257 g/mol. The smallest absolute Gasteiger partial charge is 0.306 e. The average Bonchev–Trinajstić information content (AvgIpc) is 2.26. The van der Waals surface area contributed by atoms with Crippen molar-refractivity contribution in [1.29, 1.82) is 0 Å². The minimum absolute atomic E-state index is 0.442. The van der Waals surface area contributed by atoms with Gasteiger partial charge in [0.1, 0.15) is 5.75 Å². The number of aryl methyl sites for hydroxylation is 1. The summed E-state index contributed by atoms with van der Waals surface area (Å²) in [4.78, 5) is 10.9. The maximum atomic E-state index is 10.9. The zero-order valence-electron chi connectivity index (χ0n) is 10.5. The molecule has 0 aliphatic heterocycles. The number of rotatable bonds is 4. The van der Waals surface area contributed by atoms with E-state index in [9.17, 15) is 4.79 Å². The summed E-state index contributed by atoms with van der Waals surface area (Å²) in [5.74, 6) is -0.551. The molecule has 3 nitrogen and oxygen atoms in total. The van der Waals surface area contributed by atoms with Crippen LogP contribution in [-0.4, -0.2) is 18.2 Å². The number of carbonyl (C=O) groups is 1. The number of aliphatic carboxylic acids is 1. The van der Waals surface area contributed by atoms with Gasteiger partial charge in [-0.1, -0.05) is 18.5 Å². The molecule has 0 spiro atoms. The summed E-state index contributed by atoms with van der Waals surface area (Å²) >= 11 is 6.07. The van der Waals surface area contributed by atoms with E-state index in [0.29, 0.717) is 17.2 Å². The molecule has 0 fully saturated rings. The maximum Gasteiger partial charge on any atom is 0.306 e. The largest absolute Gasteiger partial charge is 0.496 e. The second-order valence-corrected chi connectivity index (χ2v) is 4.66. The summed E-state index contributed by atoms with van der Waals surface area (Å²) in [5, 5.41) is 9.60. The Morgan fingerprint density at radius 2 is 2.12 bits per heavy atom. The van der Waals surface area contributed by atoms with Gasteiger partial charge in [-0.05, 0) is 37.5 Å². The lowest BCUT2D eigenvalue weighted by atomic mass is 9.94. The van der Waals surface area contributed by atoms with Crippen molar-refractivity contribution in [3.8, 4) is 5.75 Å². The molecule has 94 valence electrons. The van der Waals surface area contributed by atoms with E-state index in [1.54, 1.807) is 14.0 Å². The summed E-state index contributed by atoms with van der Waals surface area (Å²) in [6, 6.07) is 1.85. The SMILES string of the molecule is COc1c(C)c(Cl)cc(C)c1CC(C)C(=O)O. The molecule has 0 aromatic heterocycles. The van der Waals surface area contributed by atoms with Crippen molar-refractivity contribution >= 4 is 17.6 Å². The summed E-state index contributed by atoms with van der Waals surface area (Å²) in [6.45, 7) is 5.47. The molecule has 4 heteroatoms. The van der Waals surface area contributed by atoms with E-state index < -0.39 is 11.9 Å². The van der Waals surface area contributed by atoms with Crippen molar-refractivity contribution in [1.82, 2.24) is 0 Å². The highest BCUT2D eigenvalue weighted by Crippen LogP contribution is 2.33. The minimum Gasteiger partial charge on any atom is -0.496 e. The first-order valence-corrected chi connectivity index (χ1v) is 5.81. The molecule has 1 N–H and O–H groups in total. The van der Waals surface area contributed by atoms with Crippen molar-refractivity contribution in [2.45, 2.75) is 27.2 Å². The standard InChI is InChI=1S/C13H17ClO3/c1-7-6-11(14)9(3)12(17-4)10(7)5-8(2)13(15)16/h6,8H,5H2,1-4H3,(H,15,16). The van der Waals surface area contributed by atoms with Crippen LogP contribution in [0.2, 0.25) is 5.02 Å². The Labute approximate surface area is 106 Å². The number of benzene rings is 1. The fourth-order valence-corrected chi connectivity index (χ4v) is 2.07. The first-order valence-electron chi connectivity index (χ1n) is 5.43. The van der Waals surface area contributed by atoms with Crippen LogP contribution < -0.4 is 4.74 Å². The Kier molecular flexibility index (Phi) is 4.40. The lowest BCUT2D eigenvalue weighted by Crippen LogP contribution is -2.14. The van der Waals surface area contributed by atoms with Crippen LogP contribution in [0.5, 0.6) is 5.75 Å². The zero-order chi connectivity index (χ0) is 13.2. The van der Waals surface area contributed by atoms with Gasteiger partial charge < -0.3 is 9.84 Å². The van der Waals surface area contributed by atoms with Gasteiger partial charge in [0.15, 0.2) is 0 Å². The van der Waals surface area contributed by atoms with Crippen molar-refractivity contribution in [2.24, 2.45) is 5.92 Å². The molecule has 0 amide bonds. The molecule has 0 bridgehead atoms. The number of ether oxygens (including phenoxy) is 1. The molecular weight excluding hydrogens is 240 g/mol. The zero-order valence-corrected chi connectivity index (χ0v) is 11.3. The minimum atomic E-state index is -0.806. The van der Waals surface area contributed by atoms with Gasteiger partial charge in [-0.3, -0.25) is 4.79 Å². The van der Waals surface area contributed by atoms with Gasteiger partial charge in [-0.2, -0.15) is 0 Å². The van der Waals surface area contributed by atoms with Crippen LogP contribution in [0.15, 0.2) is 6.07 Å². The van der Waals surface area contributed by atoms with E-state index in [4.69, 9.17) is 21.4 Å². The van der Waals surface area contributed by atoms with Gasteiger partial charge in [0.25, 0.3) is 0 Å². The van der Waals surface area contributed by atoms with E-state index in [2.05, 4.69) is 0 Å². The van der Waals surface area contributed by atoms with E-state index in [1.807, 2.05) is 19.9 Å². The number of halogens is 1. The van der Waals surface area contributed by atoms with Gasteiger partial charge in [0.2, 0.25) is 0 Å². The van der Waals surface area contributed by atoms with Gasteiger partial charge in [-0.15, -0.1) is 0 Å².